The first-order valence-corrected chi connectivity index (χ1v) is 11.1. The van der Waals surface area contributed by atoms with Gasteiger partial charge in [0.2, 0.25) is 11.8 Å². The first-order valence-electron chi connectivity index (χ1n) is 10.3. The van der Waals surface area contributed by atoms with Crippen LogP contribution in [0, 0.1) is 0 Å². The molecule has 1 aromatic carbocycles. The fourth-order valence-electron chi connectivity index (χ4n) is 3.92. The second-order valence-corrected chi connectivity index (χ2v) is 8.40. The molecular weight excluding hydrogens is 440 g/mol. The SMILES string of the molecule is CCC1C(=O)N(C)c2cnc(-c3cn[nH]c3-c3nccs3)nc2N1c1ccc(C(N)=O)cc1. The smallest absolute Gasteiger partial charge is 0.250 e. The summed E-state index contributed by atoms with van der Waals surface area (Å²) in [7, 11) is 1.72. The number of nitrogens with two attached hydrogens (primary N) is 1. The van der Waals surface area contributed by atoms with Crippen LogP contribution < -0.4 is 15.5 Å². The van der Waals surface area contributed by atoms with Crippen molar-refractivity contribution in [2.24, 2.45) is 5.73 Å². The van der Waals surface area contributed by atoms with Crippen molar-refractivity contribution in [2.45, 2.75) is 19.4 Å². The van der Waals surface area contributed by atoms with E-state index in [1.165, 1.54) is 11.3 Å². The number of hydrogen-bond acceptors (Lipinski definition) is 8. The molecule has 0 spiro atoms. The average Bonchev–Trinajstić information content (AvgIpc) is 3.53. The Labute approximate surface area is 193 Å². The molecule has 11 heteroatoms. The van der Waals surface area contributed by atoms with E-state index in [-0.39, 0.29) is 5.91 Å². The maximum atomic E-state index is 13.1. The van der Waals surface area contributed by atoms with Crippen molar-refractivity contribution in [2.75, 3.05) is 16.8 Å². The molecule has 5 rings (SSSR count). The average molecular weight is 461 g/mol. The second kappa shape index (κ2) is 8.10. The van der Waals surface area contributed by atoms with Gasteiger partial charge in [-0.1, -0.05) is 6.92 Å². The lowest BCUT2D eigenvalue weighted by molar-refractivity contribution is -0.119. The number of anilines is 3. The van der Waals surface area contributed by atoms with E-state index >= 15 is 0 Å². The molecule has 1 atom stereocenters. The van der Waals surface area contributed by atoms with Gasteiger partial charge in [-0.05, 0) is 30.7 Å². The summed E-state index contributed by atoms with van der Waals surface area (Å²) in [6.07, 6.45) is 5.60. The summed E-state index contributed by atoms with van der Waals surface area (Å²) in [5.74, 6) is 0.478. The predicted octanol–water partition coefficient (Wildman–Crippen LogP) is 2.98. The fraction of sp³-hybridized carbons (Fsp3) is 0.182. The third-order valence-corrected chi connectivity index (χ3v) is 6.40. The standard InChI is InChI=1S/C22H20N8O2S/c1-3-15-22(32)29(2)16-11-25-19(14-10-26-28-17(14)21-24-8-9-33-21)27-20(16)30(15)13-6-4-12(5-7-13)18(23)31/h4-11,15H,3H2,1-2H3,(H2,23,31)(H,26,28). The van der Waals surface area contributed by atoms with Crippen LogP contribution in [0.15, 0.2) is 48.2 Å². The Morgan fingerprint density at radius 1 is 1.21 bits per heavy atom. The molecule has 10 nitrogen and oxygen atoms in total. The highest BCUT2D eigenvalue weighted by Crippen LogP contribution is 2.41. The maximum Gasteiger partial charge on any atom is 0.250 e. The molecule has 4 aromatic rings. The Balaban J connectivity index is 1.66. The Morgan fingerprint density at radius 2 is 2.00 bits per heavy atom. The zero-order valence-corrected chi connectivity index (χ0v) is 18.7. The van der Waals surface area contributed by atoms with Crippen molar-refractivity contribution in [1.29, 1.82) is 0 Å². The van der Waals surface area contributed by atoms with Gasteiger partial charge in [0.1, 0.15) is 22.4 Å². The minimum absolute atomic E-state index is 0.0629. The molecule has 1 aliphatic heterocycles. The molecule has 0 fully saturated rings. The van der Waals surface area contributed by atoms with Crippen molar-refractivity contribution in [3.63, 3.8) is 0 Å². The minimum atomic E-state index is -0.511. The largest absolute Gasteiger partial charge is 0.366 e. The number of amides is 2. The first kappa shape index (κ1) is 20.8. The van der Waals surface area contributed by atoms with Crippen molar-refractivity contribution in [1.82, 2.24) is 25.1 Å². The van der Waals surface area contributed by atoms with Gasteiger partial charge in [-0.2, -0.15) is 5.10 Å². The lowest BCUT2D eigenvalue weighted by atomic mass is 10.1. The Bertz CT molecular complexity index is 1330. The van der Waals surface area contributed by atoms with Gasteiger partial charge < -0.3 is 15.5 Å². The van der Waals surface area contributed by atoms with Crippen LogP contribution in [-0.4, -0.2) is 50.1 Å². The lowest BCUT2D eigenvalue weighted by Gasteiger charge is -2.40. The van der Waals surface area contributed by atoms with Gasteiger partial charge in [0.05, 0.1) is 18.0 Å². The van der Waals surface area contributed by atoms with E-state index in [1.54, 1.807) is 54.8 Å². The number of nitrogens with zero attached hydrogens (tertiary/aromatic N) is 6. The van der Waals surface area contributed by atoms with Crippen LogP contribution in [0.2, 0.25) is 0 Å². The molecule has 2 amide bonds. The van der Waals surface area contributed by atoms with Crippen LogP contribution in [0.4, 0.5) is 17.2 Å². The van der Waals surface area contributed by atoms with E-state index < -0.39 is 11.9 Å². The molecule has 0 aliphatic carbocycles. The van der Waals surface area contributed by atoms with Crippen LogP contribution >= 0.6 is 11.3 Å². The number of aromatic nitrogens is 5. The molecule has 4 heterocycles. The van der Waals surface area contributed by atoms with Gasteiger partial charge in [-0.3, -0.25) is 14.7 Å². The van der Waals surface area contributed by atoms with E-state index in [0.717, 1.165) is 16.4 Å². The minimum Gasteiger partial charge on any atom is -0.366 e. The summed E-state index contributed by atoms with van der Waals surface area (Å²) in [6, 6.07) is 6.36. The molecule has 1 aliphatic rings. The van der Waals surface area contributed by atoms with Crippen LogP contribution in [0.5, 0.6) is 0 Å². The van der Waals surface area contributed by atoms with E-state index in [9.17, 15) is 9.59 Å². The number of H-pyrrole nitrogens is 1. The number of thiazole rings is 1. The molecule has 0 saturated heterocycles. The maximum absolute atomic E-state index is 13.1. The Morgan fingerprint density at radius 3 is 2.67 bits per heavy atom. The molecule has 1 unspecified atom stereocenters. The zero-order valence-electron chi connectivity index (χ0n) is 17.9. The highest BCUT2D eigenvalue weighted by atomic mass is 32.1. The van der Waals surface area contributed by atoms with Gasteiger partial charge in [-0.15, -0.1) is 11.3 Å². The van der Waals surface area contributed by atoms with Gasteiger partial charge in [0.25, 0.3) is 0 Å². The number of aromatic amines is 1. The van der Waals surface area contributed by atoms with Crippen LogP contribution in [0.1, 0.15) is 23.7 Å². The third kappa shape index (κ3) is 3.42. The molecule has 3 aromatic heterocycles. The van der Waals surface area contributed by atoms with Crippen molar-refractivity contribution in [3.05, 3.63) is 53.8 Å². The molecular formula is C22H20N8O2S. The molecule has 0 saturated carbocycles. The first-order chi connectivity index (χ1) is 16.0. The number of rotatable bonds is 5. The monoisotopic (exact) mass is 460 g/mol. The topological polar surface area (TPSA) is 134 Å². The predicted molar refractivity (Wildman–Crippen MR) is 125 cm³/mol. The lowest BCUT2D eigenvalue weighted by Crippen LogP contribution is -2.50. The van der Waals surface area contributed by atoms with Crippen molar-refractivity contribution in [3.8, 4) is 22.1 Å². The van der Waals surface area contributed by atoms with Crippen molar-refractivity contribution < 1.29 is 9.59 Å². The van der Waals surface area contributed by atoms with Crippen molar-refractivity contribution >= 4 is 40.3 Å². The highest BCUT2D eigenvalue weighted by Gasteiger charge is 2.38. The number of primary amides is 1. The van der Waals surface area contributed by atoms with Crippen LogP contribution in [0.25, 0.3) is 22.1 Å². The number of carbonyl (C=O) groups excluding carboxylic acids is 2. The van der Waals surface area contributed by atoms with Crippen LogP contribution in [-0.2, 0) is 4.79 Å². The van der Waals surface area contributed by atoms with Crippen LogP contribution in [0.3, 0.4) is 0 Å². The summed E-state index contributed by atoms with van der Waals surface area (Å²) < 4.78 is 0. The summed E-state index contributed by atoms with van der Waals surface area (Å²) in [5.41, 5.74) is 8.55. The number of fused-ring (bicyclic) bond motifs is 1. The number of nitrogens with one attached hydrogen (secondary N) is 1. The Kier molecular flexibility index (Phi) is 5.09. The van der Waals surface area contributed by atoms with Gasteiger partial charge >= 0.3 is 0 Å². The number of carbonyl (C=O) groups is 2. The van der Waals surface area contributed by atoms with Gasteiger partial charge in [0, 0.05) is 29.9 Å². The van der Waals surface area contributed by atoms with Gasteiger partial charge in [-0.25, -0.2) is 15.0 Å². The number of likely N-dealkylation sites (N-methyl/N-ethyl adjacent to an activating group) is 1. The molecule has 166 valence electrons. The molecule has 0 radical (unpaired) electrons. The molecule has 0 bridgehead atoms. The third-order valence-electron chi connectivity index (χ3n) is 5.61. The normalized spacial score (nSPS) is 15.6. The highest BCUT2D eigenvalue weighted by molar-refractivity contribution is 7.13. The fourth-order valence-corrected chi connectivity index (χ4v) is 4.57. The number of hydrogen-bond donors (Lipinski definition) is 2. The van der Waals surface area contributed by atoms with E-state index in [0.29, 0.717) is 34.9 Å². The van der Waals surface area contributed by atoms with Gasteiger partial charge in [0.15, 0.2) is 11.6 Å². The summed E-state index contributed by atoms with van der Waals surface area (Å²) >= 11 is 1.49. The Hall–Kier alpha value is -4.12. The summed E-state index contributed by atoms with van der Waals surface area (Å²) in [6.45, 7) is 1.95. The molecule has 33 heavy (non-hydrogen) atoms. The summed E-state index contributed by atoms with van der Waals surface area (Å²) in [5, 5.41) is 9.81. The van der Waals surface area contributed by atoms with E-state index in [4.69, 9.17) is 10.7 Å². The quantitative estimate of drug-likeness (QED) is 0.467. The number of benzene rings is 1. The molecule has 3 N–H and O–H groups in total. The summed E-state index contributed by atoms with van der Waals surface area (Å²) in [4.78, 5) is 41.9. The van der Waals surface area contributed by atoms with E-state index in [2.05, 4.69) is 20.2 Å². The van der Waals surface area contributed by atoms with E-state index in [1.807, 2.05) is 17.2 Å². The second-order valence-electron chi connectivity index (χ2n) is 7.50. The zero-order chi connectivity index (χ0) is 23.1.